The molecule has 1 aromatic carbocycles. The van der Waals surface area contributed by atoms with E-state index in [1.165, 1.54) is 13.5 Å². The van der Waals surface area contributed by atoms with Gasteiger partial charge in [0, 0.05) is 13.1 Å². The molecule has 0 saturated carbocycles. The number of hydrogen-bond donors (Lipinski definition) is 1. The van der Waals surface area contributed by atoms with E-state index in [9.17, 15) is 4.79 Å². The Morgan fingerprint density at radius 2 is 2.28 bits per heavy atom. The lowest BCUT2D eigenvalue weighted by Crippen LogP contribution is -2.39. The van der Waals surface area contributed by atoms with Crippen molar-refractivity contribution in [3.63, 3.8) is 0 Å². The van der Waals surface area contributed by atoms with Crippen molar-refractivity contribution >= 4 is 11.7 Å². The lowest BCUT2D eigenvalue weighted by molar-refractivity contribution is 0.0601. The Labute approximate surface area is 108 Å². The van der Waals surface area contributed by atoms with Crippen LogP contribution in [-0.2, 0) is 4.74 Å². The van der Waals surface area contributed by atoms with Crippen molar-refractivity contribution in [1.82, 2.24) is 0 Å². The average molecular weight is 248 g/mol. The van der Waals surface area contributed by atoms with E-state index in [1.54, 1.807) is 0 Å². The third-order valence-corrected chi connectivity index (χ3v) is 3.50. The van der Waals surface area contributed by atoms with Crippen molar-refractivity contribution in [2.45, 2.75) is 12.8 Å². The van der Waals surface area contributed by atoms with Crippen LogP contribution < -0.4 is 10.6 Å². The summed E-state index contributed by atoms with van der Waals surface area (Å²) in [6.07, 6.45) is 2.30. The van der Waals surface area contributed by atoms with Crippen LogP contribution in [0.15, 0.2) is 24.3 Å². The Morgan fingerprint density at radius 1 is 1.50 bits per heavy atom. The second kappa shape index (κ2) is 5.87. The van der Waals surface area contributed by atoms with Crippen LogP contribution in [0.5, 0.6) is 0 Å². The summed E-state index contributed by atoms with van der Waals surface area (Å²) in [6.45, 7) is 2.60. The maximum absolute atomic E-state index is 11.8. The third kappa shape index (κ3) is 2.64. The third-order valence-electron chi connectivity index (χ3n) is 3.50. The minimum Gasteiger partial charge on any atom is -0.465 e. The molecule has 2 rings (SSSR count). The van der Waals surface area contributed by atoms with Crippen molar-refractivity contribution in [2.75, 3.05) is 31.6 Å². The first-order valence-electron chi connectivity index (χ1n) is 6.38. The molecule has 18 heavy (non-hydrogen) atoms. The van der Waals surface area contributed by atoms with Gasteiger partial charge < -0.3 is 15.4 Å². The Kier molecular flexibility index (Phi) is 4.20. The predicted octanol–water partition coefficient (Wildman–Crippen LogP) is 1.65. The van der Waals surface area contributed by atoms with Gasteiger partial charge in [0.15, 0.2) is 0 Å². The molecule has 1 saturated heterocycles. The van der Waals surface area contributed by atoms with Gasteiger partial charge in [0.25, 0.3) is 0 Å². The van der Waals surface area contributed by atoms with E-state index in [2.05, 4.69) is 4.90 Å². The van der Waals surface area contributed by atoms with E-state index < -0.39 is 0 Å². The number of carbonyl (C=O) groups excluding carboxylic acids is 1. The van der Waals surface area contributed by atoms with Crippen molar-refractivity contribution in [2.24, 2.45) is 11.7 Å². The Hall–Kier alpha value is -1.55. The number of para-hydroxylation sites is 1. The second-order valence-corrected chi connectivity index (χ2v) is 4.70. The number of esters is 1. The Balaban J connectivity index is 2.24. The van der Waals surface area contributed by atoms with Gasteiger partial charge in [-0.1, -0.05) is 12.1 Å². The molecular formula is C14H20N2O2. The van der Waals surface area contributed by atoms with Gasteiger partial charge >= 0.3 is 5.97 Å². The Morgan fingerprint density at radius 3 is 3.00 bits per heavy atom. The summed E-state index contributed by atoms with van der Waals surface area (Å²) in [5.74, 6) is 0.241. The largest absolute Gasteiger partial charge is 0.465 e. The van der Waals surface area contributed by atoms with Crippen molar-refractivity contribution in [3.05, 3.63) is 29.8 Å². The van der Waals surface area contributed by atoms with Crippen LogP contribution in [0.2, 0.25) is 0 Å². The monoisotopic (exact) mass is 248 g/mol. The second-order valence-electron chi connectivity index (χ2n) is 4.70. The number of piperidine rings is 1. The molecule has 2 N–H and O–H groups in total. The van der Waals surface area contributed by atoms with E-state index in [1.807, 2.05) is 24.3 Å². The molecule has 98 valence electrons. The van der Waals surface area contributed by atoms with Crippen LogP contribution in [0.3, 0.4) is 0 Å². The average Bonchev–Trinajstić information content (AvgIpc) is 2.46. The summed E-state index contributed by atoms with van der Waals surface area (Å²) in [5.41, 5.74) is 7.35. The van der Waals surface area contributed by atoms with Gasteiger partial charge in [-0.2, -0.15) is 0 Å². The molecule has 1 heterocycles. The molecular weight excluding hydrogens is 228 g/mol. The van der Waals surface area contributed by atoms with E-state index in [4.69, 9.17) is 10.5 Å². The van der Waals surface area contributed by atoms with Gasteiger partial charge in [-0.15, -0.1) is 0 Å². The predicted molar refractivity (Wildman–Crippen MR) is 71.8 cm³/mol. The quantitative estimate of drug-likeness (QED) is 0.826. The number of carbonyl (C=O) groups is 1. The molecule has 1 atom stereocenters. The highest BCUT2D eigenvalue weighted by Gasteiger charge is 2.22. The number of anilines is 1. The van der Waals surface area contributed by atoms with Gasteiger partial charge in [-0.05, 0) is 37.4 Å². The number of nitrogens with zero attached hydrogens (tertiary/aromatic N) is 1. The zero-order chi connectivity index (χ0) is 13.0. The van der Waals surface area contributed by atoms with Crippen LogP contribution in [0.25, 0.3) is 0 Å². The van der Waals surface area contributed by atoms with Crippen LogP contribution in [0, 0.1) is 5.92 Å². The normalized spacial score (nSPS) is 19.7. The summed E-state index contributed by atoms with van der Waals surface area (Å²) in [4.78, 5) is 14.0. The molecule has 1 aliphatic heterocycles. The van der Waals surface area contributed by atoms with Crippen molar-refractivity contribution in [3.8, 4) is 0 Å². The summed E-state index contributed by atoms with van der Waals surface area (Å²) in [5, 5.41) is 0. The molecule has 1 aliphatic rings. The first-order valence-corrected chi connectivity index (χ1v) is 6.38. The number of nitrogens with two attached hydrogens (primary N) is 1. The molecule has 4 heteroatoms. The van der Waals surface area contributed by atoms with E-state index in [0.717, 1.165) is 25.2 Å². The van der Waals surface area contributed by atoms with Crippen LogP contribution in [0.4, 0.5) is 5.69 Å². The first kappa shape index (κ1) is 12.9. The van der Waals surface area contributed by atoms with Gasteiger partial charge in [-0.25, -0.2) is 4.79 Å². The number of methoxy groups -OCH3 is 1. The van der Waals surface area contributed by atoms with E-state index >= 15 is 0 Å². The fourth-order valence-electron chi connectivity index (χ4n) is 2.51. The van der Waals surface area contributed by atoms with Gasteiger partial charge in [0.1, 0.15) is 0 Å². The zero-order valence-electron chi connectivity index (χ0n) is 10.8. The number of hydrogen-bond acceptors (Lipinski definition) is 4. The minimum atomic E-state index is -0.277. The molecule has 1 aromatic rings. The number of rotatable bonds is 3. The van der Waals surface area contributed by atoms with Crippen LogP contribution in [-0.4, -0.2) is 32.7 Å². The fourth-order valence-corrected chi connectivity index (χ4v) is 2.51. The molecule has 0 aromatic heterocycles. The molecule has 0 radical (unpaired) electrons. The zero-order valence-corrected chi connectivity index (χ0v) is 10.8. The number of benzene rings is 1. The minimum absolute atomic E-state index is 0.277. The topological polar surface area (TPSA) is 55.6 Å². The lowest BCUT2D eigenvalue weighted by atomic mass is 9.97. The van der Waals surface area contributed by atoms with Gasteiger partial charge in [0.05, 0.1) is 18.4 Å². The molecule has 1 unspecified atom stereocenters. The maximum Gasteiger partial charge on any atom is 0.339 e. The highest BCUT2D eigenvalue weighted by Crippen LogP contribution is 2.26. The van der Waals surface area contributed by atoms with Crippen molar-refractivity contribution in [1.29, 1.82) is 0 Å². The van der Waals surface area contributed by atoms with Crippen LogP contribution in [0.1, 0.15) is 23.2 Å². The summed E-state index contributed by atoms with van der Waals surface area (Å²) < 4.78 is 4.83. The highest BCUT2D eigenvalue weighted by atomic mass is 16.5. The van der Waals surface area contributed by atoms with Gasteiger partial charge in [0.2, 0.25) is 0 Å². The van der Waals surface area contributed by atoms with Crippen LogP contribution >= 0.6 is 0 Å². The molecule has 1 fully saturated rings. The van der Waals surface area contributed by atoms with E-state index in [0.29, 0.717) is 18.0 Å². The summed E-state index contributed by atoms with van der Waals surface area (Å²) >= 11 is 0. The Bertz CT molecular complexity index is 420. The molecule has 0 spiro atoms. The smallest absolute Gasteiger partial charge is 0.339 e. The maximum atomic E-state index is 11.8. The number of ether oxygens (including phenoxy) is 1. The molecule has 0 aliphatic carbocycles. The van der Waals surface area contributed by atoms with Gasteiger partial charge in [-0.3, -0.25) is 0 Å². The summed E-state index contributed by atoms with van der Waals surface area (Å²) in [6, 6.07) is 7.60. The SMILES string of the molecule is COC(=O)c1ccccc1N1CCCC(CN)C1. The fraction of sp³-hybridized carbons (Fsp3) is 0.500. The molecule has 0 bridgehead atoms. The standard InChI is InChI=1S/C14H20N2O2/c1-18-14(17)12-6-2-3-7-13(12)16-8-4-5-11(9-15)10-16/h2-3,6-7,11H,4-5,8-10,15H2,1H3. The molecule has 0 amide bonds. The highest BCUT2D eigenvalue weighted by molar-refractivity contribution is 5.95. The lowest BCUT2D eigenvalue weighted by Gasteiger charge is -2.34. The first-order chi connectivity index (χ1) is 8.76. The van der Waals surface area contributed by atoms with E-state index in [-0.39, 0.29) is 5.97 Å². The van der Waals surface area contributed by atoms with Crippen molar-refractivity contribution < 1.29 is 9.53 Å². The summed E-state index contributed by atoms with van der Waals surface area (Å²) in [7, 11) is 1.41. The molecule has 4 nitrogen and oxygen atoms in total.